The first-order chi connectivity index (χ1) is 11.8. The van der Waals surface area contributed by atoms with Crippen molar-refractivity contribution in [2.45, 2.75) is 25.7 Å². The molecular formula is C21H23NO2. The molecule has 0 aromatic heterocycles. The Morgan fingerprint density at radius 2 is 1.46 bits per heavy atom. The zero-order valence-corrected chi connectivity index (χ0v) is 13.8. The molecule has 0 radical (unpaired) electrons. The first-order valence-corrected chi connectivity index (χ1v) is 8.28. The fraction of sp³-hybridized carbons (Fsp3) is 0.286. The smallest absolute Gasteiger partial charge is 0.0998 e. The molecule has 0 spiro atoms. The van der Waals surface area contributed by atoms with E-state index >= 15 is 0 Å². The molecule has 0 aliphatic carbocycles. The number of aryl methyl sites for hydroxylation is 1. The van der Waals surface area contributed by atoms with Gasteiger partial charge in [0.05, 0.1) is 11.6 Å². The molecule has 0 unspecified atom stereocenters. The van der Waals surface area contributed by atoms with Gasteiger partial charge in [-0.15, -0.1) is 0 Å². The van der Waals surface area contributed by atoms with Crippen LogP contribution in [0, 0.1) is 11.3 Å². The van der Waals surface area contributed by atoms with E-state index in [4.69, 9.17) is 10.2 Å². The predicted octanol–water partition coefficient (Wildman–Crippen LogP) is 3.60. The van der Waals surface area contributed by atoms with E-state index in [2.05, 4.69) is 6.07 Å². The second-order valence-corrected chi connectivity index (χ2v) is 5.76. The standard InChI is InChI=1S/C21H23NO2/c22-16-21(15-19-6-4-18(5-7-19)12-14-24)20-10-8-17(9-11-20)3-1-2-13-23/h4-11,15,23-24H,1-3,12-14H2/b21-15+. The summed E-state index contributed by atoms with van der Waals surface area (Å²) in [4.78, 5) is 0. The Morgan fingerprint density at radius 3 is 2.04 bits per heavy atom. The van der Waals surface area contributed by atoms with E-state index in [1.54, 1.807) is 0 Å². The number of unbranched alkanes of at least 4 members (excludes halogenated alkanes) is 1. The number of hydrogen-bond donors (Lipinski definition) is 2. The van der Waals surface area contributed by atoms with Crippen molar-refractivity contribution in [3.8, 4) is 6.07 Å². The van der Waals surface area contributed by atoms with Crippen LogP contribution in [0.15, 0.2) is 48.5 Å². The van der Waals surface area contributed by atoms with E-state index in [1.165, 1.54) is 5.56 Å². The van der Waals surface area contributed by atoms with Gasteiger partial charge < -0.3 is 10.2 Å². The van der Waals surface area contributed by atoms with E-state index in [0.717, 1.165) is 36.0 Å². The van der Waals surface area contributed by atoms with Crippen LogP contribution in [0.2, 0.25) is 0 Å². The minimum absolute atomic E-state index is 0.142. The van der Waals surface area contributed by atoms with Crippen molar-refractivity contribution in [1.29, 1.82) is 5.26 Å². The largest absolute Gasteiger partial charge is 0.396 e. The fourth-order valence-electron chi connectivity index (χ4n) is 2.55. The summed E-state index contributed by atoms with van der Waals surface area (Å²) in [5, 5.41) is 27.2. The summed E-state index contributed by atoms with van der Waals surface area (Å²) >= 11 is 0. The summed E-state index contributed by atoms with van der Waals surface area (Å²) in [5.74, 6) is 0. The summed E-state index contributed by atoms with van der Waals surface area (Å²) in [6, 6.07) is 18.2. The van der Waals surface area contributed by atoms with E-state index < -0.39 is 0 Å². The number of benzene rings is 2. The number of rotatable bonds is 8. The van der Waals surface area contributed by atoms with Gasteiger partial charge in [0.15, 0.2) is 0 Å². The fourth-order valence-corrected chi connectivity index (χ4v) is 2.55. The summed E-state index contributed by atoms with van der Waals surface area (Å²) in [5.41, 5.74) is 4.81. The number of allylic oxidation sites excluding steroid dienone is 1. The Morgan fingerprint density at radius 1 is 0.833 bits per heavy atom. The molecule has 2 aromatic carbocycles. The molecule has 2 rings (SSSR count). The molecule has 3 nitrogen and oxygen atoms in total. The number of nitriles is 1. The second-order valence-electron chi connectivity index (χ2n) is 5.76. The second kappa shape index (κ2) is 9.67. The van der Waals surface area contributed by atoms with Gasteiger partial charge in [-0.2, -0.15) is 5.26 Å². The molecule has 0 atom stereocenters. The van der Waals surface area contributed by atoms with Crippen molar-refractivity contribution in [3.63, 3.8) is 0 Å². The highest BCUT2D eigenvalue weighted by Gasteiger charge is 2.02. The van der Waals surface area contributed by atoms with Crippen molar-refractivity contribution < 1.29 is 10.2 Å². The average molecular weight is 321 g/mol. The molecule has 0 saturated carbocycles. The van der Waals surface area contributed by atoms with Crippen molar-refractivity contribution >= 4 is 11.6 Å². The summed E-state index contributed by atoms with van der Waals surface area (Å²) < 4.78 is 0. The molecule has 2 aromatic rings. The highest BCUT2D eigenvalue weighted by Crippen LogP contribution is 2.19. The zero-order valence-electron chi connectivity index (χ0n) is 13.8. The Labute approximate surface area is 143 Å². The van der Waals surface area contributed by atoms with Crippen LogP contribution in [0.3, 0.4) is 0 Å². The van der Waals surface area contributed by atoms with Crippen molar-refractivity contribution in [2.24, 2.45) is 0 Å². The molecule has 0 bridgehead atoms. The van der Waals surface area contributed by atoms with Crippen LogP contribution in [0.25, 0.3) is 11.6 Å². The highest BCUT2D eigenvalue weighted by atomic mass is 16.3. The maximum atomic E-state index is 9.44. The minimum Gasteiger partial charge on any atom is -0.396 e. The molecule has 0 fully saturated rings. The topological polar surface area (TPSA) is 64.2 Å². The van der Waals surface area contributed by atoms with Crippen LogP contribution in [0.1, 0.15) is 35.1 Å². The van der Waals surface area contributed by atoms with Crippen LogP contribution in [-0.4, -0.2) is 23.4 Å². The van der Waals surface area contributed by atoms with Gasteiger partial charge in [-0.3, -0.25) is 0 Å². The van der Waals surface area contributed by atoms with Gasteiger partial charge in [-0.25, -0.2) is 0 Å². The molecule has 0 amide bonds. The maximum absolute atomic E-state index is 9.44. The van der Waals surface area contributed by atoms with Crippen molar-refractivity contribution in [2.75, 3.05) is 13.2 Å². The lowest BCUT2D eigenvalue weighted by Gasteiger charge is -2.04. The van der Waals surface area contributed by atoms with E-state index in [9.17, 15) is 5.26 Å². The quantitative estimate of drug-likeness (QED) is 0.443. The Kier molecular flexibility index (Phi) is 7.22. The van der Waals surface area contributed by atoms with Crippen molar-refractivity contribution in [3.05, 3.63) is 70.8 Å². The molecule has 0 aliphatic rings. The number of hydrogen-bond acceptors (Lipinski definition) is 3. The van der Waals surface area contributed by atoms with Gasteiger partial charge in [-0.1, -0.05) is 48.5 Å². The predicted molar refractivity (Wildman–Crippen MR) is 97.2 cm³/mol. The van der Waals surface area contributed by atoms with Crippen LogP contribution < -0.4 is 0 Å². The Balaban J connectivity index is 2.11. The summed E-state index contributed by atoms with van der Waals surface area (Å²) in [6.45, 7) is 0.375. The molecule has 3 heteroatoms. The number of aliphatic hydroxyl groups is 2. The first kappa shape index (κ1) is 17.9. The van der Waals surface area contributed by atoms with Gasteiger partial charge >= 0.3 is 0 Å². The normalized spacial score (nSPS) is 11.3. The molecule has 24 heavy (non-hydrogen) atoms. The van der Waals surface area contributed by atoms with Crippen LogP contribution >= 0.6 is 0 Å². The van der Waals surface area contributed by atoms with Gasteiger partial charge in [0.25, 0.3) is 0 Å². The van der Waals surface area contributed by atoms with Crippen LogP contribution in [0.4, 0.5) is 0 Å². The third kappa shape index (κ3) is 5.34. The van der Waals surface area contributed by atoms with Gasteiger partial charge in [0.1, 0.15) is 0 Å². The monoisotopic (exact) mass is 321 g/mol. The Hall–Kier alpha value is -2.41. The number of nitrogens with zero attached hydrogens (tertiary/aromatic N) is 1. The third-order valence-electron chi connectivity index (χ3n) is 3.95. The van der Waals surface area contributed by atoms with E-state index in [-0.39, 0.29) is 13.2 Å². The summed E-state index contributed by atoms with van der Waals surface area (Å²) in [6.07, 6.45) is 5.25. The highest BCUT2D eigenvalue weighted by molar-refractivity contribution is 5.89. The SMILES string of the molecule is N#C/C(=C\c1ccc(CCO)cc1)c1ccc(CCCCO)cc1. The molecule has 2 N–H and O–H groups in total. The van der Waals surface area contributed by atoms with Gasteiger partial charge in [-0.05, 0) is 54.0 Å². The molecule has 124 valence electrons. The Bertz CT molecular complexity index is 694. The lowest BCUT2D eigenvalue weighted by molar-refractivity contribution is 0.284. The minimum atomic E-state index is 0.142. The lowest BCUT2D eigenvalue weighted by atomic mass is 10.00. The maximum Gasteiger partial charge on any atom is 0.0998 e. The van der Waals surface area contributed by atoms with Crippen LogP contribution in [-0.2, 0) is 12.8 Å². The molecule has 0 saturated heterocycles. The van der Waals surface area contributed by atoms with Gasteiger partial charge in [0.2, 0.25) is 0 Å². The van der Waals surface area contributed by atoms with Crippen molar-refractivity contribution in [1.82, 2.24) is 0 Å². The van der Waals surface area contributed by atoms with E-state index in [1.807, 2.05) is 54.6 Å². The first-order valence-electron chi connectivity index (χ1n) is 8.28. The summed E-state index contributed by atoms with van der Waals surface area (Å²) in [7, 11) is 0. The van der Waals surface area contributed by atoms with Gasteiger partial charge in [0, 0.05) is 13.2 Å². The molecule has 0 aliphatic heterocycles. The average Bonchev–Trinajstić information content (AvgIpc) is 2.62. The third-order valence-corrected chi connectivity index (χ3v) is 3.95. The zero-order chi connectivity index (χ0) is 17.2. The molecular weight excluding hydrogens is 298 g/mol. The molecule has 0 heterocycles. The van der Waals surface area contributed by atoms with Crippen LogP contribution in [0.5, 0.6) is 0 Å². The van der Waals surface area contributed by atoms with E-state index in [0.29, 0.717) is 12.0 Å². The lowest BCUT2D eigenvalue weighted by Crippen LogP contribution is -1.90. The number of aliphatic hydroxyl groups excluding tert-OH is 2.